The third-order valence-corrected chi connectivity index (χ3v) is 3.54. The van der Waals surface area contributed by atoms with Gasteiger partial charge < -0.3 is 10.6 Å². The van der Waals surface area contributed by atoms with Gasteiger partial charge in [-0.05, 0) is 12.1 Å². The van der Waals surface area contributed by atoms with Crippen LogP contribution in [0.25, 0.3) is 0 Å². The topological polar surface area (TPSA) is 41.1 Å². The van der Waals surface area contributed by atoms with E-state index in [0.717, 1.165) is 18.8 Å². The lowest BCUT2D eigenvalue weighted by Crippen LogP contribution is -2.32. The maximum Gasteiger partial charge on any atom is 0.221 e. The molecular formula is C12H16N2OS. The summed E-state index contributed by atoms with van der Waals surface area (Å²) in [4.78, 5) is 12.2. The number of thioether (sulfide) groups is 1. The average molecular weight is 236 g/mol. The van der Waals surface area contributed by atoms with Gasteiger partial charge in [0.1, 0.15) is 0 Å². The van der Waals surface area contributed by atoms with Crippen molar-refractivity contribution in [2.75, 3.05) is 18.8 Å². The summed E-state index contributed by atoms with van der Waals surface area (Å²) in [6.45, 7) is 1.72. The fraction of sp³-hybridized carbons (Fsp3) is 0.417. The number of hydrogen-bond donors (Lipinski definition) is 2. The Balaban J connectivity index is 1.60. The lowest BCUT2D eigenvalue weighted by atomic mass is 10.2. The molecule has 3 nitrogen and oxygen atoms in total. The van der Waals surface area contributed by atoms with Crippen molar-refractivity contribution in [3.05, 3.63) is 30.3 Å². The molecule has 86 valence electrons. The van der Waals surface area contributed by atoms with Crippen LogP contribution in [0.5, 0.6) is 0 Å². The summed E-state index contributed by atoms with van der Waals surface area (Å²) in [5.41, 5.74) is 0. The van der Waals surface area contributed by atoms with Crippen molar-refractivity contribution >= 4 is 17.7 Å². The van der Waals surface area contributed by atoms with Crippen molar-refractivity contribution in [2.24, 2.45) is 0 Å². The van der Waals surface area contributed by atoms with E-state index in [1.165, 1.54) is 4.90 Å². The molecule has 0 aromatic heterocycles. The van der Waals surface area contributed by atoms with E-state index in [2.05, 4.69) is 34.9 Å². The molecule has 1 aromatic carbocycles. The fourth-order valence-electron chi connectivity index (χ4n) is 1.70. The number of carbonyl (C=O) groups excluding carboxylic acids is 1. The number of amides is 1. The van der Waals surface area contributed by atoms with Gasteiger partial charge in [-0.3, -0.25) is 4.79 Å². The van der Waals surface area contributed by atoms with E-state index < -0.39 is 0 Å². The molecule has 1 saturated heterocycles. The second-order valence-corrected chi connectivity index (χ2v) is 4.99. The summed E-state index contributed by atoms with van der Waals surface area (Å²) in [5.74, 6) is 1.20. The van der Waals surface area contributed by atoms with E-state index in [1.54, 1.807) is 0 Å². The van der Waals surface area contributed by atoms with Gasteiger partial charge in [-0.2, -0.15) is 0 Å². The van der Waals surface area contributed by atoms with Gasteiger partial charge in [-0.15, -0.1) is 11.8 Å². The van der Waals surface area contributed by atoms with Crippen LogP contribution >= 0.6 is 11.8 Å². The van der Waals surface area contributed by atoms with E-state index in [1.807, 2.05) is 17.8 Å². The third-order valence-electron chi connectivity index (χ3n) is 2.52. The number of rotatable bonds is 5. The van der Waals surface area contributed by atoms with Gasteiger partial charge in [-0.1, -0.05) is 18.2 Å². The minimum absolute atomic E-state index is 0.160. The lowest BCUT2D eigenvalue weighted by molar-refractivity contribution is -0.119. The molecule has 1 aliphatic rings. The van der Waals surface area contributed by atoms with Crippen LogP contribution in [0.2, 0.25) is 0 Å². The molecular weight excluding hydrogens is 220 g/mol. The molecule has 1 fully saturated rings. The summed E-state index contributed by atoms with van der Waals surface area (Å²) >= 11 is 1.84. The number of nitrogens with one attached hydrogen (secondary N) is 2. The van der Waals surface area contributed by atoms with Crippen LogP contribution in [0.1, 0.15) is 6.42 Å². The molecule has 1 amide bonds. The molecule has 2 rings (SSSR count). The Morgan fingerprint density at radius 2 is 2.19 bits per heavy atom. The van der Waals surface area contributed by atoms with Gasteiger partial charge in [-0.25, -0.2) is 0 Å². The van der Waals surface area contributed by atoms with Crippen molar-refractivity contribution in [3.63, 3.8) is 0 Å². The molecule has 2 N–H and O–H groups in total. The van der Waals surface area contributed by atoms with Crippen molar-refractivity contribution in [3.8, 4) is 0 Å². The number of benzene rings is 1. The standard InChI is InChI=1S/C12H16N2OS/c15-12-8-10(9-14-12)13-6-7-16-11-4-2-1-3-5-11/h1-5,10,13H,6-9H2,(H,14,15). The highest BCUT2D eigenvalue weighted by Gasteiger charge is 2.19. The van der Waals surface area contributed by atoms with Crippen LogP contribution in [0.4, 0.5) is 0 Å². The van der Waals surface area contributed by atoms with E-state index >= 15 is 0 Å². The van der Waals surface area contributed by atoms with E-state index in [4.69, 9.17) is 0 Å². The Labute approximate surface area is 100.0 Å². The first-order valence-electron chi connectivity index (χ1n) is 5.52. The van der Waals surface area contributed by atoms with Crippen LogP contribution < -0.4 is 10.6 Å². The predicted molar refractivity (Wildman–Crippen MR) is 66.6 cm³/mol. The Kier molecular flexibility index (Phi) is 4.25. The van der Waals surface area contributed by atoms with Gasteiger partial charge in [0.2, 0.25) is 5.91 Å². The Hall–Kier alpha value is -1.00. The molecule has 16 heavy (non-hydrogen) atoms. The first-order chi connectivity index (χ1) is 7.84. The largest absolute Gasteiger partial charge is 0.354 e. The quantitative estimate of drug-likeness (QED) is 0.597. The van der Waals surface area contributed by atoms with Crippen molar-refractivity contribution < 1.29 is 4.79 Å². The highest BCUT2D eigenvalue weighted by atomic mass is 32.2. The molecule has 1 heterocycles. The highest BCUT2D eigenvalue weighted by Crippen LogP contribution is 2.15. The highest BCUT2D eigenvalue weighted by molar-refractivity contribution is 7.99. The van der Waals surface area contributed by atoms with Crippen molar-refractivity contribution in [1.82, 2.24) is 10.6 Å². The van der Waals surface area contributed by atoms with E-state index in [-0.39, 0.29) is 5.91 Å². The molecule has 0 aliphatic carbocycles. The van der Waals surface area contributed by atoms with Crippen LogP contribution in [0, 0.1) is 0 Å². The van der Waals surface area contributed by atoms with Gasteiger partial charge >= 0.3 is 0 Å². The van der Waals surface area contributed by atoms with Crippen LogP contribution in [0.3, 0.4) is 0 Å². The first kappa shape index (κ1) is 11.5. The predicted octanol–water partition coefficient (Wildman–Crippen LogP) is 1.26. The Morgan fingerprint density at radius 3 is 2.88 bits per heavy atom. The molecule has 1 atom stereocenters. The van der Waals surface area contributed by atoms with Crippen molar-refractivity contribution in [1.29, 1.82) is 0 Å². The minimum atomic E-state index is 0.160. The normalized spacial score (nSPS) is 19.8. The van der Waals surface area contributed by atoms with Crippen LogP contribution in [-0.4, -0.2) is 30.8 Å². The molecule has 1 unspecified atom stereocenters. The Morgan fingerprint density at radius 1 is 1.38 bits per heavy atom. The lowest BCUT2D eigenvalue weighted by Gasteiger charge is -2.09. The average Bonchev–Trinajstić information content (AvgIpc) is 2.72. The molecule has 0 radical (unpaired) electrons. The van der Waals surface area contributed by atoms with E-state index in [0.29, 0.717) is 12.5 Å². The maximum absolute atomic E-state index is 11.0. The summed E-state index contributed by atoms with van der Waals surface area (Å²) in [6, 6.07) is 10.7. The molecule has 4 heteroatoms. The maximum atomic E-state index is 11.0. The summed E-state index contributed by atoms with van der Waals surface area (Å²) in [6.07, 6.45) is 0.621. The SMILES string of the molecule is O=C1CC(NCCSc2ccccc2)CN1. The Bertz CT molecular complexity index is 342. The summed E-state index contributed by atoms with van der Waals surface area (Å²) in [7, 11) is 0. The smallest absolute Gasteiger partial charge is 0.221 e. The van der Waals surface area contributed by atoms with Crippen LogP contribution in [0.15, 0.2) is 35.2 Å². The van der Waals surface area contributed by atoms with Gasteiger partial charge in [0.15, 0.2) is 0 Å². The fourth-order valence-corrected chi connectivity index (χ4v) is 2.50. The van der Waals surface area contributed by atoms with Gasteiger partial charge in [0.05, 0.1) is 0 Å². The zero-order valence-electron chi connectivity index (χ0n) is 9.11. The third kappa shape index (κ3) is 3.54. The van der Waals surface area contributed by atoms with Gasteiger partial charge in [0, 0.05) is 36.2 Å². The number of carbonyl (C=O) groups is 1. The number of hydrogen-bond acceptors (Lipinski definition) is 3. The van der Waals surface area contributed by atoms with Crippen molar-refractivity contribution in [2.45, 2.75) is 17.4 Å². The summed E-state index contributed by atoms with van der Waals surface area (Å²) < 4.78 is 0. The zero-order valence-corrected chi connectivity index (χ0v) is 9.93. The minimum Gasteiger partial charge on any atom is -0.354 e. The molecule has 0 bridgehead atoms. The van der Waals surface area contributed by atoms with Gasteiger partial charge in [0.25, 0.3) is 0 Å². The van der Waals surface area contributed by atoms with E-state index in [9.17, 15) is 4.79 Å². The van der Waals surface area contributed by atoms with Crippen LogP contribution in [-0.2, 0) is 4.79 Å². The molecule has 0 spiro atoms. The first-order valence-corrected chi connectivity index (χ1v) is 6.51. The molecule has 0 saturated carbocycles. The monoisotopic (exact) mass is 236 g/mol. The summed E-state index contributed by atoms with van der Waals surface area (Å²) in [5, 5.41) is 6.20. The molecule has 1 aromatic rings. The zero-order chi connectivity index (χ0) is 11.2. The second kappa shape index (κ2) is 5.92. The molecule has 1 aliphatic heterocycles. The second-order valence-electron chi connectivity index (χ2n) is 3.82.